The third-order valence-corrected chi connectivity index (χ3v) is 11.8. The van der Waals surface area contributed by atoms with Gasteiger partial charge in [0.05, 0.1) is 65.4 Å². The Balaban J connectivity index is 1.92. The van der Waals surface area contributed by atoms with Gasteiger partial charge in [-0.2, -0.15) is 16.8 Å². The quantitative estimate of drug-likeness (QED) is 0.104. The van der Waals surface area contributed by atoms with E-state index in [2.05, 4.69) is 20.2 Å². The minimum absolute atomic E-state index is 0.0229. The van der Waals surface area contributed by atoms with Gasteiger partial charge < -0.3 is 28.5 Å². The minimum Gasteiger partial charge on any atom is -0.493 e. The number of primary amides is 1. The third kappa shape index (κ3) is 13.6. The predicted octanol–water partition coefficient (Wildman–Crippen LogP) is 3.12. The van der Waals surface area contributed by atoms with Crippen LogP contribution in [0.3, 0.4) is 0 Å². The first-order valence-electron chi connectivity index (χ1n) is 15.3. The summed E-state index contributed by atoms with van der Waals surface area (Å²) in [5, 5.41) is 0. The molecule has 2 aromatic rings. The lowest BCUT2D eigenvalue weighted by molar-refractivity contribution is -0.119. The molecule has 14 nitrogen and oxygen atoms in total. The van der Waals surface area contributed by atoms with E-state index in [0.717, 1.165) is 38.3 Å². The molecule has 0 saturated carbocycles. The number of carbonyl (C=O) groups excluding carboxylic acids is 2. The van der Waals surface area contributed by atoms with Crippen molar-refractivity contribution < 1.29 is 52.6 Å². The summed E-state index contributed by atoms with van der Waals surface area (Å²) < 4.78 is 79.9. The standard InChI is InChI=1S/C32H42N2O12S4/c1-41-47-19-23(21-49(37,38)43-3)17-45-28-12-10-25-8-9-26-11-13-29(46-18-24(20-48-42-2)22-50(39,40)44-4)15-30(26)34(16-27(25)14-28)32(36)7-5-6-31(33)35/h10-15,23-24H,5-7,16-22H2,1-4H3,(H2,33,35). The van der Waals surface area contributed by atoms with Crippen LogP contribution in [-0.2, 0) is 53.1 Å². The molecule has 0 fully saturated rings. The fraction of sp³-hybridized carbons (Fsp3) is 0.500. The molecule has 276 valence electrons. The van der Waals surface area contributed by atoms with E-state index in [1.165, 1.54) is 14.2 Å². The van der Waals surface area contributed by atoms with Crippen molar-refractivity contribution in [3.8, 4) is 23.3 Å². The van der Waals surface area contributed by atoms with Crippen LogP contribution >= 0.6 is 24.1 Å². The van der Waals surface area contributed by atoms with Gasteiger partial charge in [-0.3, -0.25) is 18.0 Å². The molecule has 2 N–H and O–H groups in total. The number of nitrogens with zero attached hydrogens (tertiary/aromatic N) is 1. The van der Waals surface area contributed by atoms with Crippen molar-refractivity contribution in [1.29, 1.82) is 0 Å². The first-order chi connectivity index (χ1) is 23.8. The number of hydrogen-bond acceptors (Lipinski definition) is 14. The summed E-state index contributed by atoms with van der Waals surface area (Å²) in [6, 6.07) is 10.3. The van der Waals surface area contributed by atoms with Gasteiger partial charge in [0.1, 0.15) is 11.5 Å². The monoisotopic (exact) mass is 774 g/mol. The van der Waals surface area contributed by atoms with E-state index < -0.39 is 38.0 Å². The molecule has 0 saturated heterocycles. The third-order valence-electron chi connectivity index (χ3n) is 7.31. The van der Waals surface area contributed by atoms with Crippen LogP contribution in [0.4, 0.5) is 5.69 Å². The molecule has 2 atom stereocenters. The molecule has 2 amide bonds. The Bertz CT molecular complexity index is 1740. The highest BCUT2D eigenvalue weighted by Gasteiger charge is 2.25. The highest BCUT2D eigenvalue weighted by Crippen LogP contribution is 2.32. The zero-order valence-electron chi connectivity index (χ0n) is 28.2. The molecule has 0 aromatic heterocycles. The molecule has 2 aromatic carbocycles. The molecule has 1 heterocycles. The molecule has 0 aliphatic carbocycles. The largest absolute Gasteiger partial charge is 0.493 e. The molecule has 0 radical (unpaired) electrons. The van der Waals surface area contributed by atoms with Gasteiger partial charge in [0.25, 0.3) is 20.2 Å². The Morgan fingerprint density at radius 2 is 1.32 bits per heavy atom. The van der Waals surface area contributed by atoms with Crippen LogP contribution in [0.15, 0.2) is 36.4 Å². The zero-order chi connectivity index (χ0) is 36.7. The van der Waals surface area contributed by atoms with Crippen LogP contribution in [0.5, 0.6) is 11.5 Å². The van der Waals surface area contributed by atoms with Crippen molar-refractivity contribution in [2.24, 2.45) is 17.6 Å². The predicted molar refractivity (Wildman–Crippen MR) is 192 cm³/mol. The number of rotatable bonds is 22. The summed E-state index contributed by atoms with van der Waals surface area (Å²) >= 11 is 2.20. The normalized spacial score (nSPS) is 13.9. The van der Waals surface area contributed by atoms with Crippen molar-refractivity contribution in [3.05, 3.63) is 53.1 Å². The number of hydrogen-bond donors (Lipinski definition) is 1. The second-order valence-electron chi connectivity index (χ2n) is 11.1. The maximum absolute atomic E-state index is 13.7. The van der Waals surface area contributed by atoms with Crippen molar-refractivity contribution >= 4 is 61.8 Å². The number of ether oxygens (including phenoxy) is 2. The average molecular weight is 775 g/mol. The van der Waals surface area contributed by atoms with E-state index in [4.69, 9.17) is 23.6 Å². The topological polar surface area (TPSA) is 187 Å². The second kappa shape index (κ2) is 20.1. The number of fused-ring (bicyclic) bond motifs is 2. The van der Waals surface area contributed by atoms with E-state index in [-0.39, 0.29) is 56.4 Å². The fourth-order valence-electron chi connectivity index (χ4n) is 4.76. The van der Waals surface area contributed by atoms with Gasteiger partial charge in [0, 0.05) is 53.4 Å². The Kier molecular flexibility index (Phi) is 16.7. The van der Waals surface area contributed by atoms with E-state index in [1.807, 2.05) is 0 Å². The first-order valence-corrected chi connectivity index (χ1v) is 20.3. The number of amides is 2. The van der Waals surface area contributed by atoms with Crippen molar-refractivity contribution in [3.63, 3.8) is 0 Å². The molecule has 1 aliphatic heterocycles. The summed E-state index contributed by atoms with van der Waals surface area (Å²) in [6.45, 7) is 0.167. The molecule has 3 rings (SSSR count). The number of nitrogens with two attached hydrogens (primary N) is 1. The Morgan fingerprint density at radius 1 is 0.800 bits per heavy atom. The van der Waals surface area contributed by atoms with Crippen LogP contribution in [0.2, 0.25) is 0 Å². The van der Waals surface area contributed by atoms with Crippen molar-refractivity contribution in [2.75, 3.05) is 69.6 Å². The Hall–Kier alpha value is -3.02. The number of anilines is 1. The lowest BCUT2D eigenvalue weighted by Crippen LogP contribution is -2.32. The zero-order valence-corrected chi connectivity index (χ0v) is 31.5. The molecule has 50 heavy (non-hydrogen) atoms. The summed E-state index contributed by atoms with van der Waals surface area (Å²) in [5.74, 6) is 5.54. The van der Waals surface area contributed by atoms with Crippen molar-refractivity contribution in [2.45, 2.75) is 25.8 Å². The summed E-state index contributed by atoms with van der Waals surface area (Å²) in [7, 11) is -2.33. The highest BCUT2D eigenvalue weighted by molar-refractivity contribution is 7.95. The molecule has 0 bridgehead atoms. The van der Waals surface area contributed by atoms with Crippen LogP contribution in [0.1, 0.15) is 36.0 Å². The van der Waals surface area contributed by atoms with E-state index in [9.17, 15) is 26.4 Å². The van der Waals surface area contributed by atoms with Gasteiger partial charge in [-0.05, 0) is 66.4 Å². The Labute approximate surface area is 302 Å². The van der Waals surface area contributed by atoms with Crippen molar-refractivity contribution in [1.82, 2.24) is 0 Å². The maximum Gasteiger partial charge on any atom is 0.267 e. The van der Waals surface area contributed by atoms with Crippen LogP contribution in [0.25, 0.3) is 0 Å². The molecular weight excluding hydrogens is 733 g/mol. The average Bonchev–Trinajstić information content (AvgIpc) is 3.07. The van der Waals surface area contributed by atoms with Gasteiger partial charge in [-0.25, -0.2) is 0 Å². The van der Waals surface area contributed by atoms with Gasteiger partial charge in [-0.1, -0.05) is 11.8 Å². The fourth-order valence-corrected chi connectivity index (χ4v) is 8.00. The molecule has 18 heteroatoms. The first kappa shape index (κ1) is 41.4. The lowest BCUT2D eigenvalue weighted by Gasteiger charge is -2.27. The molecule has 2 unspecified atom stereocenters. The minimum atomic E-state index is -3.77. The van der Waals surface area contributed by atoms with Crippen LogP contribution in [-0.4, -0.2) is 93.3 Å². The van der Waals surface area contributed by atoms with E-state index in [0.29, 0.717) is 45.4 Å². The summed E-state index contributed by atoms with van der Waals surface area (Å²) in [4.78, 5) is 26.7. The SMILES string of the molecule is COSCC(COc1ccc2c(c1)CN(C(=O)CCCC(N)=O)c1cc(OCC(CSOC)CS(=O)(=O)OC)ccc1C#C2)CS(=O)(=O)OC. The molecule has 1 aliphatic rings. The van der Waals surface area contributed by atoms with E-state index >= 15 is 0 Å². The van der Waals surface area contributed by atoms with Gasteiger partial charge in [0.2, 0.25) is 11.8 Å². The smallest absolute Gasteiger partial charge is 0.267 e. The number of benzene rings is 2. The van der Waals surface area contributed by atoms with Crippen LogP contribution in [0, 0.1) is 23.7 Å². The molecule has 0 spiro atoms. The molecular formula is C32H42N2O12S4. The number of carbonyl (C=O) groups is 2. The van der Waals surface area contributed by atoms with Gasteiger partial charge in [0.15, 0.2) is 0 Å². The maximum atomic E-state index is 13.7. The summed E-state index contributed by atoms with van der Waals surface area (Å²) in [5.41, 5.74) is 7.66. The van der Waals surface area contributed by atoms with E-state index in [1.54, 1.807) is 41.3 Å². The summed E-state index contributed by atoms with van der Waals surface area (Å²) in [6.07, 6.45) is 0.316. The lowest BCUT2D eigenvalue weighted by atomic mass is 10.0. The highest BCUT2D eigenvalue weighted by atomic mass is 32.2. The second-order valence-corrected chi connectivity index (χ2v) is 16.5. The Morgan fingerprint density at radius 3 is 1.84 bits per heavy atom. The van der Waals surface area contributed by atoms with Crippen LogP contribution < -0.4 is 20.1 Å². The van der Waals surface area contributed by atoms with Gasteiger partial charge in [-0.15, -0.1) is 0 Å². The van der Waals surface area contributed by atoms with Gasteiger partial charge >= 0.3 is 0 Å².